The SMILES string of the molecule is COc1ccccc1C1C(C(=O)c2cc3cc(Cl)ccc3o2)=C(O)C(=O)N1c1cccc(C)c1. The zero-order chi connectivity index (χ0) is 24.0. The number of benzene rings is 3. The van der Waals surface area contributed by atoms with Crippen LogP contribution in [0.3, 0.4) is 0 Å². The second-order valence-corrected chi connectivity index (χ2v) is 8.48. The minimum atomic E-state index is -0.922. The van der Waals surface area contributed by atoms with Gasteiger partial charge in [0, 0.05) is 21.7 Å². The molecule has 1 amide bonds. The van der Waals surface area contributed by atoms with Crippen molar-refractivity contribution in [1.82, 2.24) is 0 Å². The Morgan fingerprint density at radius 1 is 1.06 bits per heavy atom. The number of amides is 1. The molecule has 0 fully saturated rings. The van der Waals surface area contributed by atoms with E-state index in [1.165, 1.54) is 12.0 Å². The highest BCUT2D eigenvalue weighted by atomic mass is 35.5. The molecule has 34 heavy (non-hydrogen) atoms. The number of carbonyl (C=O) groups is 2. The second kappa shape index (κ2) is 8.39. The fraction of sp³-hybridized carbons (Fsp3) is 0.111. The Morgan fingerprint density at radius 3 is 2.62 bits per heavy atom. The second-order valence-electron chi connectivity index (χ2n) is 8.04. The summed E-state index contributed by atoms with van der Waals surface area (Å²) in [6, 6.07) is 20.0. The molecular weight excluding hydrogens is 454 g/mol. The van der Waals surface area contributed by atoms with Gasteiger partial charge in [-0.3, -0.25) is 14.5 Å². The lowest BCUT2D eigenvalue weighted by atomic mass is 9.94. The third kappa shape index (κ3) is 3.53. The third-order valence-corrected chi connectivity index (χ3v) is 6.10. The molecule has 4 aromatic rings. The molecule has 0 radical (unpaired) electrons. The van der Waals surface area contributed by atoms with Crippen LogP contribution in [0.25, 0.3) is 11.0 Å². The van der Waals surface area contributed by atoms with Crippen molar-refractivity contribution in [2.24, 2.45) is 0 Å². The van der Waals surface area contributed by atoms with Gasteiger partial charge in [0.25, 0.3) is 5.91 Å². The first-order chi connectivity index (χ1) is 16.4. The number of ether oxygens (including phenoxy) is 1. The normalized spacial score (nSPS) is 15.9. The Hall–Kier alpha value is -4.03. The van der Waals surface area contributed by atoms with Crippen LogP contribution in [0.15, 0.2) is 88.5 Å². The van der Waals surface area contributed by atoms with E-state index in [-0.39, 0.29) is 11.3 Å². The zero-order valence-corrected chi connectivity index (χ0v) is 19.2. The van der Waals surface area contributed by atoms with Crippen LogP contribution in [0.5, 0.6) is 5.75 Å². The summed E-state index contributed by atoms with van der Waals surface area (Å²) in [4.78, 5) is 28.5. The summed E-state index contributed by atoms with van der Waals surface area (Å²) in [5.41, 5.74) is 2.43. The summed E-state index contributed by atoms with van der Waals surface area (Å²) in [6.45, 7) is 1.90. The lowest BCUT2D eigenvalue weighted by molar-refractivity contribution is -0.117. The monoisotopic (exact) mass is 473 g/mol. The number of hydrogen-bond donors (Lipinski definition) is 1. The molecule has 1 atom stereocenters. The molecule has 0 aliphatic carbocycles. The van der Waals surface area contributed by atoms with Crippen molar-refractivity contribution in [2.75, 3.05) is 12.0 Å². The Labute approximate surface area is 200 Å². The van der Waals surface area contributed by atoms with Gasteiger partial charge in [0.1, 0.15) is 11.3 Å². The lowest BCUT2D eigenvalue weighted by Crippen LogP contribution is -2.31. The number of aryl methyl sites for hydroxylation is 1. The predicted octanol–water partition coefficient (Wildman–Crippen LogP) is 6.19. The third-order valence-electron chi connectivity index (χ3n) is 5.87. The number of carbonyl (C=O) groups excluding carboxylic acids is 2. The molecule has 3 aromatic carbocycles. The molecule has 1 aliphatic rings. The van der Waals surface area contributed by atoms with Gasteiger partial charge >= 0.3 is 0 Å². The molecule has 1 aromatic heterocycles. The molecule has 5 rings (SSSR count). The van der Waals surface area contributed by atoms with Crippen molar-refractivity contribution in [2.45, 2.75) is 13.0 Å². The Kier molecular flexibility index (Phi) is 5.38. The largest absolute Gasteiger partial charge is 0.503 e. The molecule has 1 N–H and O–H groups in total. The number of Topliss-reactive ketones (excluding diaryl/α,β-unsaturated/α-hetero) is 1. The molecule has 1 unspecified atom stereocenters. The predicted molar refractivity (Wildman–Crippen MR) is 130 cm³/mol. The number of fused-ring (bicyclic) bond motifs is 1. The van der Waals surface area contributed by atoms with Crippen LogP contribution in [0.2, 0.25) is 5.02 Å². The maximum Gasteiger partial charge on any atom is 0.294 e. The van der Waals surface area contributed by atoms with E-state index >= 15 is 0 Å². The van der Waals surface area contributed by atoms with Gasteiger partial charge in [-0.1, -0.05) is 41.9 Å². The number of furan rings is 1. The highest BCUT2D eigenvalue weighted by Crippen LogP contribution is 2.45. The molecule has 0 spiro atoms. The van der Waals surface area contributed by atoms with E-state index in [0.717, 1.165) is 5.56 Å². The van der Waals surface area contributed by atoms with Gasteiger partial charge in [0.05, 0.1) is 18.7 Å². The fourth-order valence-corrected chi connectivity index (χ4v) is 4.51. The van der Waals surface area contributed by atoms with Crippen molar-refractivity contribution < 1.29 is 23.8 Å². The summed E-state index contributed by atoms with van der Waals surface area (Å²) in [6.07, 6.45) is 0. The first-order valence-electron chi connectivity index (χ1n) is 10.6. The van der Waals surface area contributed by atoms with Crippen LogP contribution < -0.4 is 9.64 Å². The fourth-order valence-electron chi connectivity index (χ4n) is 4.33. The van der Waals surface area contributed by atoms with Crippen LogP contribution in [0.4, 0.5) is 5.69 Å². The van der Waals surface area contributed by atoms with E-state index < -0.39 is 23.5 Å². The Morgan fingerprint density at radius 2 is 1.85 bits per heavy atom. The van der Waals surface area contributed by atoms with Crippen molar-refractivity contribution in [3.63, 3.8) is 0 Å². The summed E-state index contributed by atoms with van der Waals surface area (Å²) in [5, 5.41) is 12.1. The molecule has 2 heterocycles. The van der Waals surface area contributed by atoms with Gasteiger partial charge in [-0.15, -0.1) is 0 Å². The van der Waals surface area contributed by atoms with E-state index in [4.69, 9.17) is 20.8 Å². The average molecular weight is 474 g/mol. The molecule has 7 heteroatoms. The summed E-state index contributed by atoms with van der Waals surface area (Å²) >= 11 is 6.07. The van der Waals surface area contributed by atoms with E-state index in [0.29, 0.717) is 33.0 Å². The number of nitrogens with zero attached hydrogens (tertiary/aromatic N) is 1. The van der Waals surface area contributed by atoms with E-state index in [9.17, 15) is 14.7 Å². The maximum atomic E-state index is 13.7. The zero-order valence-electron chi connectivity index (χ0n) is 18.4. The lowest BCUT2D eigenvalue weighted by Gasteiger charge is -2.28. The highest BCUT2D eigenvalue weighted by Gasteiger charge is 2.46. The highest BCUT2D eigenvalue weighted by molar-refractivity contribution is 6.31. The van der Waals surface area contributed by atoms with Gasteiger partial charge in [-0.05, 0) is 55.0 Å². The standard InChI is InChI=1S/C27H20ClNO5/c1-15-6-5-7-18(12-15)29-24(19-8-3-4-9-21(19)33-2)23(26(31)27(29)32)25(30)22-14-16-13-17(28)10-11-20(16)34-22/h3-14,24,31H,1-2H3. The average Bonchev–Trinajstić information content (AvgIpc) is 3.37. The van der Waals surface area contributed by atoms with Crippen LogP contribution in [-0.4, -0.2) is 23.9 Å². The van der Waals surface area contributed by atoms with Gasteiger partial charge in [-0.2, -0.15) is 0 Å². The number of anilines is 1. The van der Waals surface area contributed by atoms with Crippen LogP contribution in [0.1, 0.15) is 27.7 Å². The van der Waals surface area contributed by atoms with E-state index in [2.05, 4.69) is 0 Å². The number of para-hydroxylation sites is 1. The summed E-state index contributed by atoms with van der Waals surface area (Å²) < 4.78 is 11.3. The Bertz CT molecular complexity index is 1490. The first kappa shape index (κ1) is 21.8. The smallest absolute Gasteiger partial charge is 0.294 e. The van der Waals surface area contributed by atoms with Gasteiger partial charge in [0.15, 0.2) is 11.5 Å². The van der Waals surface area contributed by atoms with Crippen molar-refractivity contribution in [3.05, 3.63) is 106 Å². The number of aliphatic hydroxyl groups excluding tert-OH is 1. The molecule has 0 bridgehead atoms. The molecule has 170 valence electrons. The van der Waals surface area contributed by atoms with Gasteiger partial charge < -0.3 is 14.3 Å². The minimum Gasteiger partial charge on any atom is -0.503 e. The minimum absolute atomic E-state index is 0.00222. The number of ketones is 1. The van der Waals surface area contributed by atoms with Crippen molar-refractivity contribution in [1.29, 1.82) is 0 Å². The first-order valence-corrected chi connectivity index (χ1v) is 11.0. The topological polar surface area (TPSA) is 80.0 Å². The van der Waals surface area contributed by atoms with Gasteiger partial charge in [0.2, 0.25) is 5.78 Å². The van der Waals surface area contributed by atoms with E-state index in [1.54, 1.807) is 54.6 Å². The number of hydrogen-bond acceptors (Lipinski definition) is 5. The van der Waals surface area contributed by atoms with Crippen LogP contribution in [0, 0.1) is 6.92 Å². The number of rotatable bonds is 5. The van der Waals surface area contributed by atoms with Crippen LogP contribution in [-0.2, 0) is 4.79 Å². The quantitative estimate of drug-likeness (QED) is 0.350. The Balaban J connectivity index is 1.70. The molecule has 6 nitrogen and oxygen atoms in total. The summed E-state index contributed by atoms with van der Waals surface area (Å²) in [7, 11) is 1.51. The van der Waals surface area contributed by atoms with Gasteiger partial charge in [-0.25, -0.2) is 0 Å². The number of methoxy groups -OCH3 is 1. The molecule has 0 saturated carbocycles. The number of aliphatic hydroxyl groups is 1. The number of halogens is 1. The summed E-state index contributed by atoms with van der Waals surface area (Å²) in [5.74, 6) is -1.42. The van der Waals surface area contributed by atoms with E-state index in [1.807, 2.05) is 25.1 Å². The van der Waals surface area contributed by atoms with Crippen molar-refractivity contribution >= 4 is 39.9 Å². The van der Waals surface area contributed by atoms with Crippen molar-refractivity contribution in [3.8, 4) is 5.75 Å². The molecule has 0 saturated heterocycles. The maximum absolute atomic E-state index is 13.7. The molecular formula is C27H20ClNO5. The van der Waals surface area contributed by atoms with Crippen LogP contribution >= 0.6 is 11.6 Å². The molecule has 1 aliphatic heterocycles.